The summed E-state index contributed by atoms with van der Waals surface area (Å²) < 4.78 is 18.1. The van der Waals surface area contributed by atoms with Crippen molar-refractivity contribution in [3.8, 4) is 0 Å². The Hall–Kier alpha value is -1.40. The van der Waals surface area contributed by atoms with Crippen LogP contribution in [0.1, 0.15) is 23.7 Å². The average Bonchev–Trinajstić information content (AvgIpc) is 2.25. The van der Waals surface area contributed by atoms with E-state index in [0.717, 1.165) is 12.1 Å². The summed E-state index contributed by atoms with van der Waals surface area (Å²) >= 11 is 0. The molecule has 0 aromatic heterocycles. The first kappa shape index (κ1) is 12.7. The quantitative estimate of drug-likeness (QED) is 0.563. The third-order valence-corrected chi connectivity index (χ3v) is 1.95. The third-order valence-electron chi connectivity index (χ3n) is 1.95. The van der Waals surface area contributed by atoms with Crippen LogP contribution in [0.25, 0.3) is 0 Å². The van der Waals surface area contributed by atoms with Gasteiger partial charge in [-0.05, 0) is 18.6 Å². The number of carbonyl (C=O) groups excluding carboxylic acids is 1. The lowest BCUT2D eigenvalue weighted by Crippen LogP contribution is -2.33. The molecule has 0 radical (unpaired) electrons. The molecule has 0 saturated carbocycles. The van der Waals surface area contributed by atoms with Crippen LogP contribution in [0.4, 0.5) is 4.39 Å². The molecule has 6 heteroatoms. The zero-order valence-electron chi connectivity index (χ0n) is 8.81. The van der Waals surface area contributed by atoms with Gasteiger partial charge in [0.15, 0.2) is 0 Å². The fraction of sp³-hybridized carbons (Fsp3) is 0.300. The first-order valence-electron chi connectivity index (χ1n) is 4.89. The van der Waals surface area contributed by atoms with E-state index in [4.69, 9.17) is 14.8 Å². The first-order valence-corrected chi connectivity index (χ1v) is 4.89. The largest absolute Gasteiger partial charge is 0.491 e. The molecule has 16 heavy (non-hydrogen) atoms. The minimum absolute atomic E-state index is 0.0513. The van der Waals surface area contributed by atoms with Crippen molar-refractivity contribution in [2.24, 2.45) is 0 Å². The summed E-state index contributed by atoms with van der Waals surface area (Å²) in [4.78, 5) is 11.3. The van der Waals surface area contributed by atoms with Crippen molar-refractivity contribution in [3.05, 3.63) is 29.6 Å². The van der Waals surface area contributed by atoms with Gasteiger partial charge in [-0.15, -0.1) is 0 Å². The van der Waals surface area contributed by atoms with Crippen LogP contribution in [0.2, 0.25) is 0 Å². The number of rotatable bonds is 4. The van der Waals surface area contributed by atoms with Crippen LogP contribution in [0.5, 0.6) is 0 Å². The van der Waals surface area contributed by atoms with Crippen LogP contribution < -0.4 is 5.46 Å². The minimum atomic E-state index is -1.89. The van der Waals surface area contributed by atoms with Crippen LogP contribution in [0, 0.1) is 5.82 Å². The molecule has 86 valence electrons. The highest BCUT2D eigenvalue weighted by atomic mass is 19.1. The first-order chi connectivity index (χ1) is 7.56. The Labute approximate surface area is 92.8 Å². The van der Waals surface area contributed by atoms with Gasteiger partial charge < -0.3 is 14.8 Å². The maximum Gasteiger partial charge on any atom is 0.491 e. The molecule has 0 aliphatic carbocycles. The number of benzene rings is 1. The molecule has 0 spiro atoms. The topological polar surface area (TPSA) is 66.8 Å². The molecule has 0 fully saturated rings. The zero-order valence-corrected chi connectivity index (χ0v) is 8.81. The van der Waals surface area contributed by atoms with Crippen molar-refractivity contribution in [2.75, 3.05) is 6.61 Å². The molecule has 0 heterocycles. The van der Waals surface area contributed by atoms with E-state index in [1.807, 2.05) is 6.92 Å². The summed E-state index contributed by atoms with van der Waals surface area (Å²) in [6.07, 6.45) is 0.682. The maximum atomic E-state index is 13.3. The van der Waals surface area contributed by atoms with Crippen molar-refractivity contribution >= 4 is 18.6 Å². The molecule has 0 aliphatic rings. The fourth-order valence-electron chi connectivity index (χ4n) is 1.14. The van der Waals surface area contributed by atoms with E-state index in [1.165, 1.54) is 6.07 Å². The van der Waals surface area contributed by atoms with E-state index in [2.05, 4.69) is 0 Å². The maximum absolute atomic E-state index is 13.3. The Morgan fingerprint density at radius 1 is 1.50 bits per heavy atom. The Kier molecular flexibility index (Phi) is 4.45. The van der Waals surface area contributed by atoms with Gasteiger partial charge in [0, 0.05) is 5.46 Å². The van der Waals surface area contributed by atoms with Crippen LogP contribution in [-0.2, 0) is 4.74 Å². The van der Waals surface area contributed by atoms with Crippen LogP contribution >= 0.6 is 0 Å². The zero-order chi connectivity index (χ0) is 12.1. The Morgan fingerprint density at radius 3 is 2.69 bits per heavy atom. The van der Waals surface area contributed by atoms with Crippen molar-refractivity contribution in [1.82, 2.24) is 0 Å². The highest BCUT2D eigenvalue weighted by molar-refractivity contribution is 6.58. The second-order valence-corrected chi connectivity index (χ2v) is 3.25. The molecule has 0 saturated heterocycles. The lowest BCUT2D eigenvalue weighted by Gasteiger charge is -2.05. The number of halogens is 1. The van der Waals surface area contributed by atoms with E-state index >= 15 is 0 Å². The summed E-state index contributed by atoms with van der Waals surface area (Å²) in [6.45, 7) is 2.11. The Morgan fingerprint density at radius 2 is 2.19 bits per heavy atom. The number of carbonyl (C=O) groups is 1. The van der Waals surface area contributed by atoms with Crippen molar-refractivity contribution in [3.63, 3.8) is 0 Å². The molecule has 1 aromatic carbocycles. The van der Waals surface area contributed by atoms with Gasteiger partial charge in [-0.1, -0.05) is 13.0 Å². The lowest BCUT2D eigenvalue weighted by atomic mass is 9.79. The monoisotopic (exact) mass is 226 g/mol. The van der Waals surface area contributed by atoms with Gasteiger partial charge in [0.1, 0.15) is 5.82 Å². The van der Waals surface area contributed by atoms with E-state index in [1.54, 1.807) is 0 Å². The molecule has 0 amide bonds. The second-order valence-electron chi connectivity index (χ2n) is 3.25. The molecule has 0 bridgehead atoms. The number of hydrogen-bond donors (Lipinski definition) is 2. The van der Waals surface area contributed by atoms with Crippen LogP contribution in [-0.4, -0.2) is 29.7 Å². The van der Waals surface area contributed by atoms with Crippen molar-refractivity contribution < 1.29 is 24.0 Å². The summed E-state index contributed by atoms with van der Waals surface area (Å²) in [7, 11) is -1.89. The van der Waals surface area contributed by atoms with Crippen molar-refractivity contribution in [1.29, 1.82) is 0 Å². The van der Waals surface area contributed by atoms with E-state index in [0.29, 0.717) is 6.42 Å². The number of esters is 1. The third kappa shape index (κ3) is 3.05. The molecule has 2 N–H and O–H groups in total. The van der Waals surface area contributed by atoms with E-state index in [-0.39, 0.29) is 17.6 Å². The highest BCUT2D eigenvalue weighted by Gasteiger charge is 2.18. The standard InChI is InChI=1S/C10H12BFO4/c1-2-5-16-10(13)7-3-4-8(11(14)15)9(12)6-7/h3-4,6,14-15H,2,5H2,1H3. The predicted molar refractivity (Wildman–Crippen MR) is 56.8 cm³/mol. The molecule has 4 nitrogen and oxygen atoms in total. The fourth-order valence-corrected chi connectivity index (χ4v) is 1.14. The van der Waals surface area contributed by atoms with Gasteiger partial charge in [0.25, 0.3) is 0 Å². The van der Waals surface area contributed by atoms with Gasteiger partial charge >= 0.3 is 13.1 Å². The molecule has 0 atom stereocenters. The Bertz CT molecular complexity index is 381. The molecular formula is C10H12BFO4. The van der Waals surface area contributed by atoms with Crippen molar-refractivity contribution in [2.45, 2.75) is 13.3 Å². The van der Waals surface area contributed by atoms with Gasteiger partial charge in [-0.25, -0.2) is 9.18 Å². The minimum Gasteiger partial charge on any atom is -0.462 e. The highest BCUT2D eigenvalue weighted by Crippen LogP contribution is 2.04. The lowest BCUT2D eigenvalue weighted by molar-refractivity contribution is 0.0504. The van der Waals surface area contributed by atoms with Gasteiger partial charge in [0.05, 0.1) is 12.2 Å². The van der Waals surface area contributed by atoms with Gasteiger partial charge in [-0.2, -0.15) is 0 Å². The Balaban J connectivity index is 2.84. The van der Waals surface area contributed by atoms with E-state index in [9.17, 15) is 9.18 Å². The molecule has 1 aromatic rings. The number of hydrogen-bond acceptors (Lipinski definition) is 4. The average molecular weight is 226 g/mol. The predicted octanol–water partition coefficient (Wildman–Crippen LogP) is 0.0723. The SMILES string of the molecule is CCCOC(=O)c1ccc(B(O)O)c(F)c1. The van der Waals surface area contributed by atoms with Gasteiger partial charge in [0.2, 0.25) is 0 Å². The van der Waals surface area contributed by atoms with Crippen LogP contribution in [0.15, 0.2) is 18.2 Å². The van der Waals surface area contributed by atoms with Gasteiger partial charge in [-0.3, -0.25) is 0 Å². The smallest absolute Gasteiger partial charge is 0.462 e. The number of ether oxygens (including phenoxy) is 1. The molecular weight excluding hydrogens is 214 g/mol. The summed E-state index contributed by atoms with van der Waals surface area (Å²) in [5, 5.41) is 17.5. The second kappa shape index (κ2) is 5.62. The normalized spacial score (nSPS) is 10.0. The summed E-state index contributed by atoms with van der Waals surface area (Å²) in [6, 6.07) is 3.35. The molecule has 1 rings (SSSR count). The van der Waals surface area contributed by atoms with E-state index < -0.39 is 18.9 Å². The van der Waals surface area contributed by atoms with Crippen LogP contribution in [0.3, 0.4) is 0 Å². The summed E-state index contributed by atoms with van der Waals surface area (Å²) in [5.41, 5.74) is -0.220. The molecule has 0 aliphatic heterocycles. The summed E-state index contributed by atoms with van der Waals surface area (Å²) in [5.74, 6) is -1.47. The molecule has 0 unspecified atom stereocenters.